The van der Waals surface area contributed by atoms with Gasteiger partial charge in [-0.05, 0) is 40.9 Å². The smallest absolute Gasteiger partial charge is 0.261 e. The van der Waals surface area contributed by atoms with E-state index in [1.54, 1.807) is 12.1 Å². The SMILES string of the molecule is O=C(C[C@H]1[NH2+]CCC[C@H]1O)Cn1cnc2cc(Br)c(Cl)cc2c1=O. The summed E-state index contributed by atoms with van der Waals surface area (Å²) in [6.07, 6.45) is 2.83. The quantitative estimate of drug-likeness (QED) is 0.775. The predicted molar refractivity (Wildman–Crippen MR) is 94.2 cm³/mol. The van der Waals surface area contributed by atoms with E-state index in [1.807, 2.05) is 5.32 Å². The Labute approximate surface area is 152 Å². The molecule has 3 rings (SSSR count). The molecule has 0 spiro atoms. The number of piperidine rings is 1. The summed E-state index contributed by atoms with van der Waals surface area (Å²) >= 11 is 9.34. The summed E-state index contributed by atoms with van der Waals surface area (Å²) in [5.74, 6) is -0.0938. The lowest BCUT2D eigenvalue weighted by molar-refractivity contribution is -0.704. The third-order valence-electron chi connectivity index (χ3n) is 4.34. The van der Waals surface area contributed by atoms with Gasteiger partial charge in [0.05, 0.1) is 41.8 Å². The van der Waals surface area contributed by atoms with Crippen LogP contribution in [0.5, 0.6) is 0 Å². The molecule has 1 fully saturated rings. The third-order valence-corrected chi connectivity index (χ3v) is 5.54. The summed E-state index contributed by atoms with van der Waals surface area (Å²) in [7, 11) is 0. The van der Waals surface area contributed by atoms with Crippen molar-refractivity contribution in [3.8, 4) is 0 Å². The molecule has 0 bridgehead atoms. The predicted octanol–water partition coefficient (Wildman–Crippen LogP) is 0.858. The molecule has 1 saturated heterocycles. The number of quaternary nitrogens is 1. The minimum Gasteiger partial charge on any atom is -0.387 e. The van der Waals surface area contributed by atoms with Crippen LogP contribution < -0.4 is 10.9 Å². The Morgan fingerprint density at radius 1 is 1.50 bits per heavy atom. The number of hydrogen-bond donors (Lipinski definition) is 2. The first kappa shape index (κ1) is 17.5. The van der Waals surface area contributed by atoms with Crippen molar-refractivity contribution in [2.24, 2.45) is 0 Å². The van der Waals surface area contributed by atoms with Crippen LogP contribution in [0, 0.1) is 0 Å². The largest absolute Gasteiger partial charge is 0.387 e. The number of aromatic nitrogens is 2. The molecule has 0 amide bonds. The van der Waals surface area contributed by atoms with E-state index >= 15 is 0 Å². The van der Waals surface area contributed by atoms with E-state index in [-0.39, 0.29) is 30.3 Å². The van der Waals surface area contributed by atoms with Gasteiger partial charge in [-0.1, -0.05) is 11.6 Å². The number of aliphatic hydroxyl groups excluding tert-OH is 1. The van der Waals surface area contributed by atoms with E-state index in [0.717, 1.165) is 19.4 Å². The van der Waals surface area contributed by atoms with Crippen molar-refractivity contribution in [2.75, 3.05) is 6.54 Å². The second-order valence-electron chi connectivity index (χ2n) is 6.10. The molecule has 2 heterocycles. The Bertz CT molecular complexity index is 839. The average Bonchev–Trinajstić information content (AvgIpc) is 2.54. The van der Waals surface area contributed by atoms with Gasteiger partial charge in [0, 0.05) is 4.47 Å². The van der Waals surface area contributed by atoms with Crippen LogP contribution in [0.3, 0.4) is 0 Å². The first-order chi connectivity index (χ1) is 11.5. The number of ketones is 1. The highest BCUT2D eigenvalue weighted by molar-refractivity contribution is 9.10. The van der Waals surface area contributed by atoms with E-state index < -0.39 is 6.10 Å². The second-order valence-corrected chi connectivity index (χ2v) is 7.36. The van der Waals surface area contributed by atoms with Gasteiger partial charge >= 0.3 is 0 Å². The van der Waals surface area contributed by atoms with Crippen LogP contribution in [-0.4, -0.2) is 39.1 Å². The van der Waals surface area contributed by atoms with Crippen LogP contribution in [0.25, 0.3) is 10.9 Å². The Hall–Kier alpha value is -1.28. The average molecular weight is 416 g/mol. The van der Waals surface area contributed by atoms with E-state index in [9.17, 15) is 14.7 Å². The number of carbonyl (C=O) groups is 1. The van der Waals surface area contributed by atoms with Crippen molar-refractivity contribution in [1.29, 1.82) is 0 Å². The number of nitrogens with two attached hydrogens (primary N) is 1. The van der Waals surface area contributed by atoms with Gasteiger partial charge in [-0.25, -0.2) is 4.98 Å². The number of benzene rings is 1. The van der Waals surface area contributed by atoms with Crippen molar-refractivity contribution in [3.05, 3.63) is 38.3 Å². The van der Waals surface area contributed by atoms with Crippen molar-refractivity contribution in [2.45, 2.75) is 38.0 Å². The van der Waals surface area contributed by atoms with Gasteiger partial charge < -0.3 is 10.4 Å². The lowest BCUT2D eigenvalue weighted by atomic mass is 9.97. The van der Waals surface area contributed by atoms with Crippen LogP contribution in [0.4, 0.5) is 0 Å². The fraction of sp³-hybridized carbons (Fsp3) is 0.438. The Kier molecular flexibility index (Phi) is 5.34. The highest BCUT2D eigenvalue weighted by Gasteiger charge is 2.28. The highest BCUT2D eigenvalue weighted by atomic mass is 79.9. The molecule has 2 aromatic rings. The van der Waals surface area contributed by atoms with Crippen LogP contribution in [-0.2, 0) is 11.3 Å². The van der Waals surface area contributed by atoms with Crippen LogP contribution >= 0.6 is 27.5 Å². The van der Waals surface area contributed by atoms with E-state index in [2.05, 4.69) is 20.9 Å². The summed E-state index contributed by atoms with van der Waals surface area (Å²) < 4.78 is 1.96. The second kappa shape index (κ2) is 7.31. The normalized spacial score (nSPS) is 21.1. The number of Topliss-reactive ketones (excluding diaryl/α,β-unsaturated/α-hetero) is 1. The molecule has 1 aliphatic heterocycles. The Morgan fingerprint density at radius 2 is 2.29 bits per heavy atom. The van der Waals surface area contributed by atoms with Crippen LogP contribution in [0.2, 0.25) is 5.02 Å². The third kappa shape index (κ3) is 3.69. The molecule has 8 heteroatoms. The molecular formula is C16H18BrClN3O3+. The molecule has 1 aromatic carbocycles. The zero-order valence-electron chi connectivity index (χ0n) is 12.9. The molecule has 2 atom stereocenters. The summed E-state index contributed by atoms with van der Waals surface area (Å²) in [6.45, 7) is 0.867. The fourth-order valence-electron chi connectivity index (χ4n) is 3.03. The molecule has 0 radical (unpaired) electrons. The number of nitrogens with zero attached hydrogens (tertiary/aromatic N) is 2. The summed E-state index contributed by atoms with van der Waals surface area (Å²) in [6, 6.07) is 3.11. The number of rotatable bonds is 4. The molecule has 3 N–H and O–H groups in total. The first-order valence-corrected chi connectivity index (χ1v) is 9.00. The molecule has 0 unspecified atom stereocenters. The summed E-state index contributed by atoms with van der Waals surface area (Å²) in [5, 5.41) is 12.8. The van der Waals surface area contributed by atoms with Crippen molar-refractivity contribution in [3.63, 3.8) is 0 Å². The van der Waals surface area contributed by atoms with Gasteiger partial charge in [0.1, 0.15) is 12.1 Å². The number of fused-ring (bicyclic) bond motifs is 1. The monoisotopic (exact) mass is 414 g/mol. The van der Waals surface area contributed by atoms with Crippen molar-refractivity contribution in [1.82, 2.24) is 9.55 Å². The molecule has 24 heavy (non-hydrogen) atoms. The van der Waals surface area contributed by atoms with Gasteiger partial charge in [-0.3, -0.25) is 14.2 Å². The maximum atomic E-state index is 12.5. The highest BCUT2D eigenvalue weighted by Crippen LogP contribution is 2.25. The summed E-state index contributed by atoms with van der Waals surface area (Å²) in [5.41, 5.74) is 0.229. The zero-order chi connectivity index (χ0) is 17.3. The minimum atomic E-state index is -0.467. The lowest BCUT2D eigenvalue weighted by Crippen LogP contribution is -2.94. The van der Waals surface area contributed by atoms with Crippen LogP contribution in [0.15, 0.2) is 27.7 Å². The Balaban J connectivity index is 1.79. The zero-order valence-corrected chi connectivity index (χ0v) is 15.3. The lowest BCUT2D eigenvalue weighted by Gasteiger charge is -2.25. The Morgan fingerprint density at radius 3 is 3.04 bits per heavy atom. The molecule has 6 nitrogen and oxygen atoms in total. The van der Waals surface area contributed by atoms with E-state index in [4.69, 9.17) is 11.6 Å². The van der Waals surface area contributed by atoms with Gasteiger partial charge in [-0.15, -0.1) is 0 Å². The topological polar surface area (TPSA) is 88.8 Å². The number of carbonyl (C=O) groups excluding carboxylic acids is 1. The van der Waals surface area contributed by atoms with Gasteiger partial charge in [0.25, 0.3) is 5.56 Å². The molecule has 1 aromatic heterocycles. The summed E-state index contributed by atoms with van der Waals surface area (Å²) in [4.78, 5) is 29.0. The maximum absolute atomic E-state index is 12.5. The number of aliphatic hydroxyl groups is 1. The first-order valence-electron chi connectivity index (χ1n) is 7.83. The molecular weight excluding hydrogens is 398 g/mol. The van der Waals surface area contributed by atoms with Crippen LogP contribution in [0.1, 0.15) is 19.3 Å². The minimum absolute atomic E-state index is 0.0491. The maximum Gasteiger partial charge on any atom is 0.261 e. The van der Waals surface area contributed by atoms with E-state index in [1.165, 1.54) is 10.9 Å². The number of hydrogen-bond acceptors (Lipinski definition) is 4. The standard InChI is InChI=1S/C16H17BrClN3O3/c17-11-6-13-10(5-12(11)18)16(24)21(8-20-13)7-9(22)4-14-15(23)2-1-3-19-14/h5-6,8,14-15,19,23H,1-4,7H2/p+1/t14-,15-/m1/s1. The fourth-order valence-corrected chi connectivity index (χ4v) is 3.53. The molecule has 1 aliphatic rings. The molecule has 0 saturated carbocycles. The van der Waals surface area contributed by atoms with Crippen molar-refractivity contribution < 1.29 is 15.2 Å². The van der Waals surface area contributed by atoms with Gasteiger partial charge in [0.15, 0.2) is 5.78 Å². The van der Waals surface area contributed by atoms with Crippen molar-refractivity contribution >= 4 is 44.2 Å². The van der Waals surface area contributed by atoms with Gasteiger partial charge in [0.2, 0.25) is 0 Å². The molecule has 0 aliphatic carbocycles. The van der Waals surface area contributed by atoms with Gasteiger partial charge in [-0.2, -0.15) is 0 Å². The van der Waals surface area contributed by atoms with E-state index in [0.29, 0.717) is 20.4 Å². The molecule has 128 valence electrons. The number of halogens is 2.